The number of H-pyrrole nitrogens is 1. The van der Waals surface area contributed by atoms with E-state index in [2.05, 4.69) is 47.7 Å². The van der Waals surface area contributed by atoms with Crippen molar-refractivity contribution in [1.29, 1.82) is 0 Å². The average molecular weight is 501 g/mol. The molecule has 7 nitrogen and oxygen atoms in total. The number of piperidine rings is 1. The zero-order valence-corrected chi connectivity index (χ0v) is 22.0. The predicted octanol–water partition coefficient (Wildman–Crippen LogP) is 4.00. The Morgan fingerprint density at radius 3 is 2.51 bits per heavy atom. The predicted molar refractivity (Wildman–Crippen MR) is 146 cm³/mol. The minimum Gasteiger partial charge on any atom is -0.379 e. The molecule has 3 heterocycles. The van der Waals surface area contributed by atoms with Crippen molar-refractivity contribution in [2.24, 2.45) is 5.73 Å². The number of hydrogen-bond donors (Lipinski definition) is 2. The van der Waals surface area contributed by atoms with Gasteiger partial charge in [0.2, 0.25) is 5.91 Å². The number of nitrogens with zero attached hydrogens (tertiary/aromatic N) is 2. The molecular formula is C30H36N4O3. The van der Waals surface area contributed by atoms with Crippen LogP contribution in [0.2, 0.25) is 0 Å². The Morgan fingerprint density at radius 2 is 1.84 bits per heavy atom. The van der Waals surface area contributed by atoms with Crippen LogP contribution in [0.4, 0.5) is 5.69 Å². The number of carbonyl (C=O) groups excluding carboxylic acids is 2. The molecule has 7 heteroatoms. The summed E-state index contributed by atoms with van der Waals surface area (Å²) in [5.41, 5.74) is 12.3. The number of carbonyl (C=O) groups is 2. The maximum atomic E-state index is 13.9. The van der Waals surface area contributed by atoms with E-state index in [1.165, 1.54) is 11.3 Å². The smallest absolute Gasteiger partial charge is 0.248 e. The van der Waals surface area contributed by atoms with Gasteiger partial charge in [-0.25, -0.2) is 0 Å². The van der Waals surface area contributed by atoms with Gasteiger partial charge >= 0.3 is 0 Å². The van der Waals surface area contributed by atoms with Crippen LogP contribution >= 0.6 is 0 Å². The molecule has 2 fully saturated rings. The highest BCUT2D eigenvalue weighted by atomic mass is 16.5. The first kappa shape index (κ1) is 24.2. The Labute approximate surface area is 217 Å². The molecular weight excluding hydrogens is 464 g/mol. The van der Waals surface area contributed by atoms with Gasteiger partial charge in [0.25, 0.3) is 0 Å². The molecule has 3 aromatic rings. The van der Waals surface area contributed by atoms with E-state index in [9.17, 15) is 9.59 Å². The molecule has 0 bridgehead atoms. The fourth-order valence-corrected chi connectivity index (χ4v) is 6.65. The Morgan fingerprint density at radius 1 is 1.11 bits per heavy atom. The molecule has 2 aromatic carbocycles. The van der Waals surface area contributed by atoms with Crippen molar-refractivity contribution in [2.45, 2.75) is 51.5 Å². The van der Waals surface area contributed by atoms with E-state index in [1.807, 2.05) is 6.07 Å². The SMILES string of the molecule is CCc1cc2c(cc1N1CCC(N3CCOCC3)CC1)C(C)(C)c1[nH]c3cc(C(N)=O)ccc3c1C2=O. The number of aromatic amines is 1. The quantitative estimate of drug-likeness (QED) is 0.565. The second-order valence-electron chi connectivity index (χ2n) is 11.2. The summed E-state index contributed by atoms with van der Waals surface area (Å²) in [4.78, 5) is 34.3. The van der Waals surface area contributed by atoms with E-state index in [-0.39, 0.29) is 5.78 Å². The molecule has 1 aliphatic carbocycles. The summed E-state index contributed by atoms with van der Waals surface area (Å²) >= 11 is 0. The van der Waals surface area contributed by atoms with Crippen LogP contribution in [-0.2, 0) is 16.6 Å². The lowest BCUT2D eigenvalue weighted by Gasteiger charge is -2.42. The largest absolute Gasteiger partial charge is 0.379 e. The van der Waals surface area contributed by atoms with E-state index in [0.29, 0.717) is 17.2 Å². The molecule has 0 radical (unpaired) electrons. The van der Waals surface area contributed by atoms with Gasteiger partial charge in [0.05, 0.1) is 18.8 Å². The Bertz CT molecular complexity index is 1390. The number of fused-ring (bicyclic) bond motifs is 4. The van der Waals surface area contributed by atoms with Gasteiger partial charge in [-0.15, -0.1) is 0 Å². The van der Waals surface area contributed by atoms with Crippen LogP contribution in [0.1, 0.15) is 76.7 Å². The molecule has 3 N–H and O–H groups in total. The van der Waals surface area contributed by atoms with Crippen molar-refractivity contribution in [3.05, 3.63) is 63.8 Å². The number of nitrogens with one attached hydrogen (secondary N) is 1. The highest BCUT2D eigenvalue weighted by molar-refractivity contribution is 6.20. The van der Waals surface area contributed by atoms with E-state index in [1.54, 1.807) is 12.1 Å². The maximum Gasteiger partial charge on any atom is 0.248 e. The summed E-state index contributed by atoms with van der Waals surface area (Å²) in [5.74, 6) is -0.423. The molecule has 0 unspecified atom stereocenters. The van der Waals surface area contributed by atoms with Gasteiger partial charge < -0.3 is 20.4 Å². The minimum absolute atomic E-state index is 0.0506. The van der Waals surface area contributed by atoms with E-state index in [0.717, 1.165) is 86.4 Å². The molecule has 2 aliphatic heterocycles. The minimum atomic E-state index is -0.474. The number of aryl methyl sites for hydroxylation is 1. The highest BCUT2D eigenvalue weighted by Crippen LogP contribution is 2.46. The number of nitrogens with two attached hydrogens (primary N) is 1. The number of primary amides is 1. The van der Waals surface area contributed by atoms with Crippen molar-refractivity contribution in [1.82, 2.24) is 9.88 Å². The van der Waals surface area contributed by atoms with Crippen molar-refractivity contribution >= 4 is 28.3 Å². The van der Waals surface area contributed by atoms with Gasteiger partial charge in [-0.3, -0.25) is 14.5 Å². The molecule has 2 saturated heterocycles. The van der Waals surface area contributed by atoms with Crippen LogP contribution in [0.5, 0.6) is 0 Å². The number of morpholine rings is 1. The zero-order valence-electron chi connectivity index (χ0n) is 22.0. The standard InChI is InChI=1S/C30H36N4O3/c1-4-18-15-22-23(17-25(18)34-9-7-20(8-10-34)33-11-13-37-14-12-33)30(2,3)28-26(27(22)35)21-6-5-19(29(31)36)16-24(21)32-28/h5-6,15-17,20,32H,4,7-14H2,1-3H3,(H2,31,36). The third-order valence-electron chi connectivity index (χ3n) is 8.82. The number of aromatic nitrogens is 1. The van der Waals surface area contributed by atoms with Crippen LogP contribution in [0.25, 0.3) is 10.9 Å². The lowest BCUT2D eigenvalue weighted by atomic mass is 9.70. The first-order chi connectivity index (χ1) is 17.8. The van der Waals surface area contributed by atoms with Gasteiger partial charge in [-0.05, 0) is 54.7 Å². The average Bonchev–Trinajstić information content (AvgIpc) is 3.32. The van der Waals surface area contributed by atoms with Crippen LogP contribution in [-0.4, -0.2) is 67.0 Å². The van der Waals surface area contributed by atoms with Crippen molar-refractivity contribution in [3.8, 4) is 0 Å². The number of rotatable bonds is 4. The van der Waals surface area contributed by atoms with Gasteiger partial charge in [-0.1, -0.05) is 26.8 Å². The normalized spacial score (nSPS) is 20.2. The Kier molecular flexibility index (Phi) is 5.88. The summed E-state index contributed by atoms with van der Waals surface area (Å²) in [6, 6.07) is 10.4. The molecule has 0 atom stereocenters. The molecule has 37 heavy (non-hydrogen) atoms. The highest BCUT2D eigenvalue weighted by Gasteiger charge is 2.41. The van der Waals surface area contributed by atoms with Crippen LogP contribution in [0.15, 0.2) is 30.3 Å². The van der Waals surface area contributed by atoms with Crippen LogP contribution in [0, 0.1) is 0 Å². The molecule has 3 aliphatic rings. The first-order valence-electron chi connectivity index (χ1n) is 13.5. The van der Waals surface area contributed by atoms with Crippen molar-refractivity contribution < 1.29 is 14.3 Å². The van der Waals surface area contributed by atoms with E-state index >= 15 is 0 Å². The fourth-order valence-electron chi connectivity index (χ4n) is 6.65. The molecule has 194 valence electrons. The Balaban J connectivity index is 1.37. The topological polar surface area (TPSA) is 91.7 Å². The monoisotopic (exact) mass is 500 g/mol. The van der Waals surface area contributed by atoms with Gasteiger partial charge in [-0.2, -0.15) is 0 Å². The van der Waals surface area contributed by atoms with Gasteiger partial charge in [0.15, 0.2) is 5.78 Å². The summed E-state index contributed by atoms with van der Waals surface area (Å²) < 4.78 is 5.55. The number of hydrogen-bond acceptors (Lipinski definition) is 5. The van der Waals surface area contributed by atoms with Gasteiger partial charge in [0.1, 0.15) is 0 Å². The fraction of sp³-hybridized carbons (Fsp3) is 0.467. The summed E-state index contributed by atoms with van der Waals surface area (Å²) in [5, 5.41) is 0.844. The molecule has 1 aromatic heterocycles. The summed E-state index contributed by atoms with van der Waals surface area (Å²) in [7, 11) is 0. The van der Waals surface area contributed by atoms with E-state index in [4.69, 9.17) is 10.5 Å². The second kappa shape index (κ2) is 8.99. The number of amides is 1. The summed E-state index contributed by atoms with van der Waals surface area (Å²) in [6.45, 7) is 12.3. The Hall–Kier alpha value is -3.16. The van der Waals surface area contributed by atoms with E-state index < -0.39 is 11.3 Å². The lowest BCUT2D eigenvalue weighted by molar-refractivity contribution is 0.0115. The third kappa shape index (κ3) is 3.87. The molecule has 6 rings (SSSR count). The lowest BCUT2D eigenvalue weighted by Crippen LogP contribution is -2.49. The summed E-state index contributed by atoms with van der Waals surface area (Å²) in [6.07, 6.45) is 3.18. The van der Waals surface area contributed by atoms with Crippen molar-refractivity contribution in [2.75, 3.05) is 44.3 Å². The maximum absolute atomic E-state index is 13.9. The number of ketones is 1. The molecule has 0 saturated carbocycles. The first-order valence-corrected chi connectivity index (χ1v) is 13.5. The van der Waals surface area contributed by atoms with Crippen LogP contribution in [0.3, 0.4) is 0 Å². The molecule has 0 spiro atoms. The number of anilines is 1. The van der Waals surface area contributed by atoms with Gasteiger partial charge in [0, 0.05) is 71.0 Å². The van der Waals surface area contributed by atoms with Crippen LogP contribution < -0.4 is 10.6 Å². The number of benzene rings is 2. The third-order valence-corrected chi connectivity index (χ3v) is 8.82. The number of ether oxygens (including phenoxy) is 1. The second-order valence-corrected chi connectivity index (χ2v) is 11.2. The zero-order chi connectivity index (χ0) is 25.9. The molecule has 1 amide bonds. The van der Waals surface area contributed by atoms with Crippen molar-refractivity contribution in [3.63, 3.8) is 0 Å².